The van der Waals surface area contributed by atoms with E-state index >= 15 is 0 Å². The van der Waals surface area contributed by atoms with Gasteiger partial charge in [-0.3, -0.25) is 0 Å². The maximum absolute atomic E-state index is 12.9. The number of halogens is 2. The first-order valence-corrected chi connectivity index (χ1v) is 3.25. The number of carbonyl (C=O) groups excluding carboxylic acids is 1. The maximum atomic E-state index is 12.9. The summed E-state index contributed by atoms with van der Waals surface area (Å²) in [4.78, 5) is 13.2. The molecule has 0 aliphatic rings. The van der Waals surface area contributed by atoms with Gasteiger partial charge in [0, 0.05) is 10.6 Å². The third-order valence-corrected chi connectivity index (χ3v) is 1.48. The van der Waals surface area contributed by atoms with E-state index in [0.717, 1.165) is 0 Å². The molecule has 0 aromatic heterocycles. The molecule has 0 spiro atoms. The van der Waals surface area contributed by atoms with Crippen LogP contribution in [0.15, 0.2) is 6.07 Å². The van der Waals surface area contributed by atoms with Crippen LogP contribution in [0.3, 0.4) is 0 Å². The Kier molecular flexibility index (Phi) is 2.41. The van der Waals surface area contributed by atoms with Crippen LogP contribution in [0.1, 0.15) is 10.4 Å². The van der Waals surface area contributed by atoms with Crippen LogP contribution >= 0.6 is 0 Å². The second-order valence-electron chi connectivity index (χ2n) is 2.32. The number of hydrogen-bond donors (Lipinski definition) is 3. The van der Waals surface area contributed by atoms with Crippen molar-refractivity contribution in [2.45, 2.75) is 0 Å². The lowest BCUT2D eigenvalue weighted by molar-refractivity contribution is -0.0792. The molecule has 0 atom stereocenters. The quantitative estimate of drug-likeness (QED) is 0.596. The number of rotatable bonds is 1. The molecular formula is C7H4F2O5. The lowest BCUT2D eigenvalue weighted by atomic mass is 10.1. The SMILES string of the molecule is O=C(OF)c1cc(O)c(O)c(O)c1F. The van der Waals surface area contributed by atoms with Crippen molar-refractivity contribution in [3.05, 3.63) is 17.4 Å². The van der Waals surface area contributed by atoms with E-state index in [1.807, 2.05) is 0 Å². The molecule has 0 amide bonds. The highest BCUT2D eigenvalue weighted by molar-refractivity contribution is 5.91. The number of benzene rings is 1. The fraction of sp³-hybridized carbons (Fsp3) is 0. The van der Waals surface area contributed by atoms with Crippen LogP contribution in [0.25, 0.3) is 0 Å². The van der Waals surface area contributed by atoms with Crippen LogP contribution in [-0.4, -0.2) is 21.3 Å². The highest BCUT2D eigenvalue weighted by atomic mass is 19.3. The molecule has 0 saturated heterocycles. The Balaban J connectivity index is 3.40. The number of phenolic OH excluding ortho intramolecular Hbond substituents is 3. The molecule has 0 fully saturated rings. The zero-order valence-electron chi connectivity index (χ0n) is 6.49. The lowest BCUT2D eigenvalue weighted by Gasteiger charge is -2.04. The largest absolute Gasteiger partial charge is 0.504 e. The van der Waals surface area contributed by atoms with Crippen molar-refractivity contribution >= 4 is 5.97 Å². The van der Waals surface area contributed by atoms with Crippen LogP contribution in [0.5, 0.6) is 17.2 Å². The zero-order chi connectivity index (χ0) is 10.9. The summed E-state index contributed by atoms with van der Waals surface area (Å²) in [5.41, 5.74) is -1.03. The fourth-order valence-electron chi connectivity index (χ4n) is 0.811. The molecule has 0 aliphatic heterocycles. The molecule has 0 unspecified atom stereocenters. The minimum atomic E-state index is -1.73. The van der Waals surface area contributed by atoms with Crippen LogP contribution in [0.4, 0.5) is 8.92 Å². The average molecular weight is 206 g/mol. The monoisotopic (exact) mass is 206 g/mol. The standard InChI is InChI=1S/C7H4F2O5/c8-4-2(7(13)14-9)1-3(10)5(11)6(4)12/h1,10-12H. The second-order valence-corrected chi connectivity index (χ2v) is 2.32. The van der Waals surface area contributed by atoms with E-state index in [-0.39, 0.29) is 0 Å². The highest BCUT2D eigenvalue weighted by Crippen LogP contribution is 2.38. The summed E-state index contributed by atoms with van der Waals surface area (Å²) < 4.78 is 24.3. The summed E-state index contributed by atoms with van der Waals surface area (Å²) in [6.07, 6.45) is 0. The van der Waals surface area contributed by atoms with Gasteiger partial charge in [0.05, 0.1) is 0 Å². The van der Waals surface area contributed by atoms with E-state index < -0.39 is 34.6 Å². The molecule has 1 rings (SSSR count). The Hall–Kier alpha value is -2.05. The topological polar surface area (TPSA) is 87.0 Å². The first kappa shape index (κ1) is 10.0. The smallest absolute Gasteiger partial charge is 0.382 e. The molecule has 0 radical (unpaired) electrons. The molecule has 1 aromatic rings. The summed E-state index contributed by atoms with van der Waals surface area (Å²) in [6, 6.07) is 0.423. The van der Waals surface area contributed by atoms with Crippen molar-refractivity contribution in [1.29, 1.82) is 0 Å². The van der Waals surface area contributed by atoms with Crippen molar-refractivity contribution in [1.82, 2.24) is 0 Å². The van der Waals surface area contributed by atoms with Gasteiger partial charge >= 0.3 is 5.97 Å². The van der Waals surface area contributed by atoms with E-state index in [1.54, 1.807) is 0 Å². The van der Waals surface area contributed by atoms with E-state index in [0.29, 0.717) is 6.07 Å². The Bertz CT molecular complexity index is 390. The summed E-state index contributed by atoms with van der Waals surface area (Å²) in [5.74, 6) is -6.77. The Labute approximate surface area is 75.7 Å². The first-order valence-electron chi connectivity index (χ1n) is 3.25. The van der Waals surface area contributed by atoms with Gasteiger partial charge in [-0.25, -0.2) is 14.1 Å². The second kappa shape index (κ2) is 3.36. The molecular weight excluding hydrogens is 202 g/mol. The number of hydrogen-bond acceptors (Lipinski definition) is 5. The van der Waals surface area contributed by atoms with E-state index in [1.165, 1.54) is 0 Å². The number of aromatic hydroxyl groups is 3. The fourth-order valence-corrected chi connectivity index (χ4v) is 0.811. The van der Waals surface area contributed by atoms with Gasteiger partial charge in [-0.1, -0.05) is 0 Å². The maximum Gasteiger partial charge on any atom is 0.382 e. The van der Waals surface area contributed by atoms with Gasteiger partial charge in [0.25, 0.3) is 0 Å². The molecule has 0 bridgehead atoms. The van der Waals surface area contributed by atoms with Crippen molar-refractivity contribution in [3.63, 3.8) is 0 Å². The van der Waals surface area contributed by atoms with E-state index in [4.69, 9.17) is 15.3 Å². The van der Waals surface area contributed by atoms with Crippen LogP contribution in [-0.2, 0) is 4.94 Å². The van der Waals surface area contributed by atoms with Gasteiger partial charge < -0.3 is 15.3 Å². The Morgan fingerprint density at radius 3 is 2.36 bits per heavy atom. The minimum absolute atomic E-state index is 0.423. The molecule has 7 heteroatoms. The zero-order valence-corrected chi connectivity index (χ0v) is 6.49. The van der Waals surface area contributed by atoms with Gasteiger partial charge in [0.2, 0.25) is 5.75 Å². The van der Waals surface area contributed by atoms with Crippen molar-refractivity contribution in [2.24, 2.45) is 0 Å². The van der Waals surface area contributed by atoms with Crippen molar-refractivity contribution in [2.75, 3.05) is 0 Å². The van der Waals surface area contributed by atoms with Crippen molar-refractivity contribution in [3.8, 4) is 17.2 Å². The van der Waals surface area contributed by atoms with Gasteiger partial charge in [-0.15, -0.1) is 0 Å². The molecule has 14 heavy (non-hydrogen) atoms. The van der Waals surface area contributed by atoms with Gasteiger partial charge in [0.1, 0.15) is 5.56 Å². The minimum Gasteiger partial charge on any atom is -0.504 e. The lowest BCUT2D eigenvalue weighted by Crippen LogP contribution is -2.02. The Morgan fingerprint density at radius 2 is 1.86 bits per heavy atom. The molecule has 3 N–H and O–H groups in total. The van der Waals surface area contributed by atoms with Gasteiger partial charge in [0.15, 0.2) is 17.3 Å². The first-order chi connectivity index (χ1) is 6.49. The molecule has 0 aliphatic carbocycles. The number of carbonyl (C=O) groups is 1. The summed E-state index contributed by atoms with van der Waals surface area (Å²) >= 11 is 0. The summed E-state index contributed by atoms with van der Waals surface area (Å²) in [6.45, 7) is 0. The highest BCUT2D eigenvalue weighted by Gasteiger charge is 2.23. The predicted octanol–water partition coefficient (Wildman–Crippen LogP) is 0.984. The molecule has 0 saturated carbocycles. The Morgan fingerprint density at radius 1 is 1.29 bits per heavy atom. The van der Waals surface area contributed by atoms with E-state index in [9.17, 15) is 13.7 Å². The van der Waals surface area contributed by atoms with Gasteiger partial charge in [-0.05, 0) is 0 Å². The van der Waals surface area contributed by atoms with Crippen molar-refractivity contribution < 1.29 is 34.0 Å². The molecule has 5 nitrogen and oxygen atoms in total. The third-order valence-electron chi connectivity index (χ3n) is 1.48. The molecule has 0 heterocycles. The van der Waals surface area contributed by atoms with Gasteiger partial charge in [-0.2, -0.15) is 0 Å². The predicted molar refractivity (Wildman–Crippen MR) is 37.9 cm³/mol. The van der Waals surface area contributed by atoms with Crippen LogP contribution < -0.4 is 0 Å². The summed E-state index contributed by atoms with van der Waals surface area (Å²) in [5, 5.41) is 26.4. The van der Waals surface area contributed by atoms with E-state index in [2.05, 4.69) is 4.94 Å². The average Bonchev–Trinajstić information content (AvgIpc) is 2.19. The normalized spacial score (nSPS) is 9.86. The van der Waals surface area contributed by atoms with Crippen LogP contribution in [0, 0.1) is 5.82 Å². The third kappa shape index (κ3) is 1.39. The summed E-state index contributed by atoms with van der Waals surface area (Å²) in [7, 11) is 0. The molecule has 76 valence electrons. The van der Waals surface area contributed by atoms with Crippen LogP contribution in [0.2, 0.25) is 0 Å². The molecule has 1 aromatic carbocycles. The number of phenols is 3.